The largest absolute Gasteiger partial charge is 0.447 e. The van der Waals surface area contributed by atoms with Gasteiger partial charge in [-0.1, -0.05) is 0 Å². The van der Waals surface area contributed by atoms with Crippen molar-refractivity contribution in [1.82, 2.24) is 5.32 Å². The number of carbonyl (C=O) groups is 2. The Hall–Kier alpha value is -1.10. The van der Waals surface area contributed by atoms with Gasteiger partial charge in [0.25, 0.3) is 0 Å². The van der Waals surface area contributed by atoms with Gasteiger partial charge in [0.15, 0.2) is 5.78 Å². The predicted octanol–water partition coefficient (Wildman–Crippen LogP) is 0.869. The van der Waals surface area contributed by atoms with E-state index in [1.807, 2.05) is 0 Å². The van der Waals surface area contributed by atoms with Gasteiger partial charge in [0, 0.05) is 6.61 Å². The van der Waals surface area contributed by atoms with Crippen molar-refractivity contribution < 1.29 is 19.1 Å². The van der Waals surface area contributed by atoms with Crippen LogP contribution in [0, 0.1) is 0 Å². The van der Waals surface area contributed by atoms with E-state index in [2.05, 4.69) is 5.32 Å². The molecule has 0 aromatic heterocycles. The van der Waals surface area contributed by atoms with Gasteiger partial charge in [-0.3, -0.25) is 4.79 Å². The molecule has 1 heterocycles. The van der Waals surface area contributed by atoms with Crippen LogP contribution in [0.2, 0.25) is 0 Å². The summed E-state index contributed by atoms with van der Waals surface area (Å²) in [6.07, 6.45) is 1.39. The highest BCUT2D eigenvalue weighted by Gasteiger charge is 2.18. The minimum Gasteiger partial charge on any atom is -0.447 e. The number of hydrogen-bond donors (Lipinski definition) is 1. The molecule has 0 aromatic rings. The highest BCUT2D eigenvalue weighted by Crippen LogP contribution is 2.11. The average molecular weight is 215 g/mol. The van der Waals surface area contributed by atoms with Crippen molar-refractivity contribution in [3.8, 4) is 0 Å². The van der Waals surface area contributed by atoms with Crippen LogP contribution in [0.5, 0.6) is 0 Å². The number of Topliss-reactive ketones (excluding diaryl/α,β-unsaturated/α-hetero) is 1. The Morgan fingerprint density at radius 2 is 2.33 bits per heavy atom. The smallest absolute Gasteiger partial charge is 0.407 e. The third kappa shape index (κ3) is 4.29. The first-order chi connectivity index (χ1) is 7.09. The summed E-state index contributed by atoms with van der Waals surface area (Å²) in [5.74, 6) is -0.0935. The third-order valence-corrected chi connectivity index (χ3v) is 2.37. The van der Waals surface area contributed by atoms with Crippen LogP contribution in [0.15, 0.2) is 0 Å². The van der Waals surface area contributed by atoms with E-state index in [0.29, 0.717) is 0 Å². The Morgan fingerprint density at radius 1 is 1.60 bits per heavy atom. The lowest BCUT2D eigenvalue weighted by Gasteiger charge is -2.13. The molecule has 0 aromatic carbocycles. The van der Waals surface area contributed by atoms with Crippen LogP contribution in [-0.4, -0.2) is 37.2 Å². The molecule has 0 bridgehead atoms. The van der Waals surface area contributed by atoms with Gasteiger partial charge in [-0.2, -0.15) is 0 Å². The zero-order valence-electron chi connectivity index (χ0n) is 9.12. The van der Waals surface area contributed by atoms with Crippen molar-refractivity contribution in [2.24, 2.45) is 0 Å². The standard InChI is InChI=1S/C10H17NO4/c1-7(8(2)12)11-10(13)15-6-9-4-3-5-14-9/h7,9H,3-6H2,1-2H3,(H,11,13). The van der Waals surface area contributed by atoms with E-state index in [-0.39, 0.29) is 18.5 Å². The summed E-state index contributed by atoms with van der Waals surface area (Å²) in [6.45, 7) is 4.04. The maximum Gasteiger partial charge on any atom is 0.407 e. The molecule has 2 unspecified atom stereocenters. The summed E-state index contributed by atoms with van der Waals surface area (Å²) in [5.41, 5.74) is 0. The summed E-state index contributed by atoms with van der Waals surface area (Å²) < 4.78 is 10.2. The van der Waals surface area contributed by atoms with E-state index in [9.17, 15) is 9.59 Å². The maximum atomic E-state index is 11.2. The first-order valence-corrected chi connectivity index (χ1v) is 5.15. The zero-order chi connectivity index (χ0) is 11.3. The van der Waals surface area contributed by atoms with Crippen molar-refractivity contribution in [1.29, 1.82) is 0 Å². The molecule has 1 rings (SSSR count). The second-order valence-electron chi connectivity index (χ2n) is 3.71. The highest BCUT2D eigenvalue weighted by atomic mass is 16.6. The predicted molar refractivity (Wildman–Crippen MR) is 53.6 cm³/mol. The normalized spacial score (nSPS) is 22.1. The molecule has 1 aliphatic rings. The SMILES string of the molecule is CC(=O)C(C)NC(=O)OCC1CCCO1. The van der Waals surface area contributed by atoms with E-state index in [1.165, 1.54) is 6.92 Å². The molecule has 1 amide bonds. The zero-order valence-corrected chi connectivity index (χ0v) is 9.12. The van der Waals surface area contributed by atoms with E-state index in [4.69, 9.17) is 9.47 Å². The van der Waals surface area contributed by atoms with Crippen molar-refractivity contribution in [2.45, 2.75) is 38.8 Å². The molecule has 1 aliphatic heterocycles. The summed E-state index contributed by atoms with van der Waals surface area (Å²) >= 11 is 0. The third-order valence-electron chi connectivity index (χ3n) is 2.37. The molecular formula is C10H17NO4. The van der Waals surface area contributed by atoms with Crippen LogP contribution in [-0.2, 0) is 14.3 Å². The topological polar surface area (TPSA) is 64.6 Å². The molecular weight excluding hydrogens is 198 g/mol. The van der Waals surface area contributed by atoms with Gasteiger partial charge in [0.05, 0.1) is 12.1 Å². The lowest BCUT2D eigenvalue weighted by atomic mass is 10.2. The number of ketones is 1. The van der Waals surface area contributed by atoms with Gasteiger partial charge in [-0.15, -0.1) is 0 Å². The lowest BCUT2D eigenvalue weighted by Crippen LogP contribution is -2.38. The minimum absolute atomic E-state index is 0.0170. The summed E-state index contributed by atoms with van der Waals surface area (Å²) in [4.78, 5) is 22.0. The summed E-state index contributed by atoms with van der Waals surface area (Å²) in [7, 11) is 0. The van der Waals surface area contributed by atoms with Gasteiger partial charge in [0.1, 0.15) is 6.61 Å². The molecule has 15 heavy (non-hydrogen) atoms. The molecule has 0 radical (unpaired) electrons. The molecule has 5 heteroatoms. The molecule has 0 saturated carbocycles. The molecule has 2 atom stereocenters. The minimum atomic E-state index is -0.562. The maximum absolute atomic E-state index is 11.2. The van der Waals surface area contributed by atoms with Crippen LogP contribution in [0.4, 0.5) is 4.79 Å². The van der Waals surface area contributed by atoms with Crippen LogP contribution in [0.1, 0.15) is 26.7 Å². The van der Waals surface area contributed by atoms with Crippen LogP contribution < -0.4 is 5.32 Å². The monoisotopic (exact) mass is 215 g/mol. The number of rotatable bonds is 4. The first kappa shape index (κ1) is 12.0. The molecule has 5 nitrogen and oxygen atoms in total. The number of hydrogen-bond acceptors (Lipinski definition) is 4. The first-order valence-electron chi connectivity index (χ1n) is 5.15. The fourth-order valence-corrected chi connectivity index (χ4v) is 1.26. The van der Waals surface area contributed by atoms with Crippen molar-refractivity contribution >= 4 is 11.9 Å². The van der Waals surface area contributed by atoms with Crippen LogP contribution in [0.3, 0.4) is 0 Å². The molecule has 0 aliphatic carbocycles. The molecule has 1 N–H and O–H groups in total. The number of ether oxygens (including phenoxy) is 2. The summed E-state index contributed by atoms with van der Waals surface area (Å²) in [6, 6.07) is -0.498. The number of alkyl carbamates (subject to hydrolysis) is 1. The van der Waals surface area contributed by atoms with Crippen molar-refractivity contribution in [3.63, 3.8) is 0 Å². The summed E-state index contributed by atoms with van der Waals surface area (Å²) in [5, 5.41) is 2.44. The fourth-order valence-electron chi connectivity index (χ4n) is 1.26. The van der Waals surface area contributed by atoms with E-state index >= 15 is 0 Å². The van der Waals surface area contributed by atoms with E-state index < -0.39 is 12.1 Å². The molecule has 1 saturated heterocycles. The van der Waals surface area contributed by atoms with Crippen molar-refractivity contribution in [2.75, 3.05) is 13.2 Å². The Kier molecular flexibility index (Phi) is 4.55. The Balaban J connectivity index is 2.15. The van der Waals surface area contributed by atoms with Crippen molar-refractivity contribution in [3.05, 3.63) is 0 Å². The molecule has 1 fully saturated rings. The van der Waals surface area contributed by atoms with Crippen LogP contribution in [0.25, 0.3) is 0 Å². The fraction of sp³-hybridized carbons (Fsp3) is 0.800. The highest BCUT2D eigenvalue weighted by molar-refractivity contribution is 5.84. The van der Waals surface area contributed by atoms with E-state index in [1.54, 1.807) is 6.92 Å². The number of carbonyl (C=O) groups excluding carboxylic acids is 2. The van der Waals surface area contributed by atoms with Crippen LogP contribution >= 0.6 is 0 Å². The Labute approximate surface area is 89.1 Å². The number of nitrogens with one attached hydrogen (secondary N) is 1. The number of amides is 1. The molecule has 86 valence electrons. The second-order valence-corrected chi connectivity index (χ2v) is 3.71. The Bertz CT molecular complexity index is 236. The van der Waals surface area contributed by atoms with Gasteiger partial charge in [-0.05, 0) is 26.7 Å². The van der Waals surface area contributed by atoms with E-state index in [0.717, 1.165) is 19.4 Å². The second kappa shape index (κ2) is 5.70. The average Bonchev–Trinajstić information content (AvgIpc) is 2.66. The Morgan fingerprint density at radius 3 is 2.87 bits per heavy atom. The van der Waals surface area contributed by atoms with Gasteiger partial charge in [-0.25, -0.2) is 4.79 Å². The molecule has 0 spiro atoms. The van der Waals surface area contributed by atoms with Gasteiger partial charge < -0.3 is 14.8 Å². The van der Waals surface area contributed by atoms with Gasteiger partial charge in [0.2, 0.25) is 0 Å². The quantitative estimate of drug-likeness (QED) is 0.755. The lowest BCUT2D eigenvalue weighted by molar-refractivity contribution is -0.118. The van der Waals surface area contributed by atoms with Gasteiger partial charge >= 0.3 is 6.09 Å².